The summed E-state index contributed by atoms with van der Waals surface area (Å²) in [5, 5.41) is 0.691. The molecule has 33 heavy (non-hydrogen) atoms. The van der Waals surface area contributed by atoms with Crippen LogP contribution in [-0.2, 0) is 9.53 Å². The van der Waals surface area contributed by atoms with E-state index in [1.807, 2.05) is 59.5 Å². The molecule has 2 aromatic carbocycles. The minimum Gasteiger partial charge on any atom is -0.455 e. The number of rotatable bonds is 6. The fraction of sp³-hybridized carbons (Fsp3) is 0.208. The molecule has 1 saturated heterocycles. The number of carbonyl (C=O) groups is 1. The van der Waals surface area contributed by atoms with E-state index in [9.17, 15) is 4.79 Å². The van der Waals surface area contributed by atoms with E-state index < -0.39 is 0 Å². The first kappa shape index (κ1) is 22.2. The van der Waals surface area contributed by atoms with Gasteiger partial charge in [0.2, 0.25) is 5.91 Å². The number of hydrogen-bond acceptors (Lipinski definition) is 7. The lowest BCUT2D eigenvalue weighted by Crippen LogP contribution is -2.41. The SMILES string of the molecule is O=C(CSc1nc2ccc(N=Cc3ccc(-c4ccc(Cl)cc4)o3)cc2s1)N1CCOCC1. The molecule has 1 aliphatic heterocycles. The van der Waals surface area contributed by atoms with Crippen LogP contribution in [0.3, 0.4) is 0 Å². The molecule has 1 amide bonds. The Morgan fingerprint density at radius 3 is 2.79 bits per heavy atom. The maximum absolute atomic E-state index is 12.4. The number of aromatic nitrogens is 1. The van der Waals surface area contributed by atoms with Crippen molar-refractivity contribution >= 4 is 62.7 Å². The first-order valence-corrected chi connectivity index (χ1v) is 12.6. The van der Waals surface area contributed by atoms with Gasteiger partial charge in [-0.05, 0) is 54.6 Å². The number of thioether (sulfide) groups is 1. The topological polar surface area (TPSA) is 67.9 Å². The number of amides is 1. The molecule has 0 radical (unpaired) electrons. The predicted molar refractivity (Wildman–Crippen MR) is 134 cm³/mol. The largest absolute Gasteiger partial charge is 0.455 e. The summed E-state index contributed by atoms with van der Waals surface area (Å²) in [6.45, 7) is 2.55. The number of carbonyl (C=O) groups excluding carboxylic acids is 1. The summed E-state index contributed by atoms with van der Waals surface area (Å²) in [5.74, 6) is 1.95. The lowest BCUT2D eigenvalue weighted by atomic mass is 10.2. The number of halogens is 1. The molecule has 1 fully saturated rings. The highest BCUT2D eigenvalue weighted by atomic mass is 35.5. The second-order valence-electron chi connectivity index (χ2n) is 7.38. The van der Waals surface area contributed by atoms with Crippen molar-refractivity contribution in [1.29, 1.82) is 0 Å². The van der Waals surface area contributed by atoms with Crippen LogP contribution in [0.1, 0.15) is 5.76 Å². The molecule has 0 N–H and O–H groups in total. The monoisotopic (exact) mass is 497 g/mol. The van der Waals surface area contributed by atoms with E-state index in [4.69, 9.17) is 20.8 Å². The maximum Gasteiger partial charge on any atom is 0.233 e. The number of fused-ring (bicyclic) bond motifs is 1. The standard InChI is InChI=1S/C24H20ClN3O3S2/c25-17-3-1-16(2-4-17)21-8-6-19(31-21)14-26-18-5-7-20-22(13-18)33-24(27-20)32-15-23(29)28-9-11-30-12-10-28/h1-8,13-14H,9-12,15H2. The van der Waals surface area contributed by atoms with Gasteiger partial charge >= 0.3 is 0 Å². The molecule has 1 aliphatic rings. The Morgan fingerprint density at radius 1 is 1.15 bits per heavy atom. The minimum atomic E-state index is 0.129. The number of furan rings is 1. The highest BCUT2D eigenvalue weighted by Gasteiger charge is 2.17. The Hall–Kier alpha value is -2.65. The van der Waals surface area contributed by atoms with Crippen LogP contribution in [0.2, 0.25) is 5.02 Å². The van der Waals surface area contributed by atoms with Crippen LogP contribution >= 0.6 is 34.7 Å². The molecule has 0 atom stereocenters. The van der Waals surface area contributed by atoms with Gasteiger partial charge in [0, 0.05) is 23.7 Å². The summed E-state index contributed by atoms with van der Waals surface area (Å²) >= 11 is 9.00. The zero-order valence-electron chi connectivity index (χ0n) is 17.6. The molecular weight excluding hydrogens is 478 g/mol. The van der Waals surface area contributed by atoms with Gasteiger partial charge < -0.3 is 14.1 Å². The zero-order chi connectivity index (χ0) is 22.6. The number of thiazole rings is 1. The first-order valence-electron chi connectivity index (χ1n) is 10.4. The van der Waals surface area contributed by atoms with Gasteiger partial charge in [-0.2, -0.15) is 0 Å². The normalized spacial score (nSPS) is 14.4. The van der Waals surface area contributed by atoms with E-state index in [0.717, 1.165) is 31.6 Å². The van der Waals surface area contributed by atoms with E-state index in [2.05, 4.69) is 9.98 Å². The van der Waals surface area contributed by atoms with E-state index in [1.165, 1.54) is 11.8 Å². The highest BCUT2D eigenvalue weighted by molar-refractivity contribution is 8.01. The van der Waals surface area contributed by atoms with Gasteiger partial charge in [-0.3, -0.25) is 9.79 Å². The molecule has 2 aromatic heterocycles. The molecule has 0 spiro atoms. The third kappa shape index (κ3) is 5.47. The summed E-state index contributed by atoms with van der Waals surface area (Å²) in [7, 11) is 0. The van der Waals surface area contributed by atoms with Crippen molar-refractivity contribution in [2.75, 3.05) is 32.1 Å². The number of ether oxygens (including phenoxy) is 1. The molecule has 0 saturated carbocycles. The molecule has 4 aromatic rings. The maximum atomic E-state index is 12.4. The van der Waals surface area contributed by atoms with Crippen LogP contribution in [0, 0.1) is 0 Å². The zero-order valence-corrected chi connectivity index (χ0v) is 20.0. The molecule has 3 heterocycles. The van der Waals surface area contributed by atoms with Gasteiger partial charge in [0.15, 0.2) is 4.34 Å². The number of aliphatic imine (C=N–C) groups is 1. The average Bonchev–Trinajstić information content (AvgIpc) is 3.49. The van der Waals surface area contributed by atoms with Gasteiger partial charge in [0.25, 0.3) is 0 Å². The van der Waals surface area contributed by atoms with Gasteiger partial charge in [0.1, 0.15) is 11.5 Å². The van der Waals surface area contributed by atoms with Crippen LogP contribution in [0.25, 0.3) is 21.5 Å². The Balaban J connectivity index is 1.23. The summed E-state index contributed by atoms with van der Waals surface area (Å²) in [5.41, 5.74) is 2.68. The van der Waals surface area contributed by atoms with Crippen molar-refractivity contribution in [2.24, 2.45) is 4.99 Å². The van der Waals surface area contributed by atoms with Crippen molar-refractivity contribution in [3.8, 4) is 11.3 Å². The van der Waals surface area contributed by atoms with Gasteiger partial charge in [0.05, 0.1) is 41.1 Å². The Morgan fingerprint density at radius 2 is 1.97 bits per heavy atom. The van der Waals surface area contributed by atoms with Gasteiger partial charge in [-0.1, -0.05) is 23.4 Å². The van der Waals surface area contributed by atoms with Gasteiger partial charge in [-0.15, -0.1) is 11.3 Å². The summed E-state index contributed by atoms with van der Waals surface area (Å²) in [6, 6.07) is 17.2. The summed E-state index contributed by atoms with van der Waals surface area (Å²) < 4.78 is 13.1. The van der Waals surface area contributed by atoms with Crippen LogP contribution < -0.4 is 0 Å². The van der Waals surface area contributed by atoms with Crippen LogP contribution in [0.15, 0.2) is 68.3 Å². The average molecular weight is 498 g/mol. The molecule has 168 valence electrons. The summed E-state index contributed by atoms with van der Waals surface area (Å²) in [4.78, 5) is 23.4. The van der Waals surface area contributed by atoms with E-state index in [-0.39, 0.29) is 5.91 Å². The molecular formula is C24H20ClN3O3S2. The fourth-order valence-corrected chi connectivity index (χ4v) is 5.52. The molecule has 9 heteroatoms. The number of hydrogen-bond donors (Lipinski definition) is 0. The van der Waals surface area contributed by atoms with E-state index in [1.54, 1.807) is 17.6 Å². The van der Waals surface area contributed by atoms with Crippen LogP contribution in [0.5, 0.6) is 0 Å². The van der Waals surface area contributed by atoms with Crippen LogP contribution in [0.4, 0.5) is 5.69 Å². The van der Waals surface area contributed by atoms with Crippen molar-refractivity contribution in [2.45, 2.75) is 4.34 Å². The van der Waals surface area contributed by atoms with Crippen molar-refractivity contribution in [3.63, 3.8) is 0 Å². The second kappa shape index (κ2) is 10.1. The second-order valence-corrected chi connectivity index (χ2v) is 10.1. The minimum absolute atomic E-state index is 0.129. The molecule has 0 unspecified atom stereocenters. The smallest absolute Gasteiger partial charge is 0.233 e. The highest BCUT2D eigenvalue weighted by Crippen LogP contribution is 2.32. The number of morpholine rings is 1. The Bertz CT molecular complexity index is 1290. The fourth-order valence-electron chi connectivity index (χ4n) is 3.39. The lowest BCUT2D eigenvalue weighted by Gasteiger charge is -2.26. The van der Waals surface area contributed by atoms with Crippen molar-refractivity contribution in [1.82, 2.24) is 9.88 Å². The number of nitrogens with zero attached hydrogens (tertiary/aromatic N) is 3. The Labute approximate surface area is 204 Å². The van der Waals surface area contributed by atoms with Gasteiger partial charge in [-0.25, -0.2) is 4.98 Å². The third-order valence-corrected chi connectivity index (χ3v) is 7.53. The van der Waals surface area contributed by atoms with Crippen molar-refractivity contribution in [3.05, 3.63) is 65.4 Å². The lowest BCUT2D eigenvalue weighted by molar-refractivity contribution is -0.132. The van der Waals surface area contributed by atoms with Crippen molar-refractivity contribution < 1.29 is 13.9 Å². The quantitative estimate of drug-likeness (QED) is 0.244. The molecule has 6 nitrogen and oxygen atoms in total. The van der Waals surface area contributed by atoms with E-state index in [0.29, 0.717) is 42.8 Å². The van der Waals surface area contributed by atoms with Crippen LogP contribution in [-0.4, -0.2) is 54.1 Å². The summed E-state index contributed by atoms with van der Waals surface area (Å²) in [6.07, 6.45) is 1.71. The molecule has 5 rings (SSSR count). The third-order valence-electron chi connectivity index (χ3n) is 5.13. The number of benzene rings is 2. The molecule has 0 bridgehead atoms. The molecule has 0 aliphatic carbocycles. The Kier molecular flexibility index (Phi) is 6.78. The van der Waals surface area contributed by atoms with E-state index >= 15 is 0 Å². The first-order chi connectivity index (χ1) is 16.1. The predicted octanol–water partition coefficient (Wildman–Crippen LogP) is 5.91.